The van der Waals surface area contributed by atoms with E-state index in [2.05, 4.69) is 28.9 Å². The van der Waals surface area contributed by atoms with Crippen LogP contribution >= 0.6 is 0 Å². The number of hydrogen-bond donors (Lipinski definition) is 1. The molecule has 8 aromatic rings. The normalized spacial score (nSPS) is 10.8. The standard InChI is InChI=1S/C8H8O2.2C7H6O3.C7H8O2.2C6H6O2.C5H4O3.C5H4O2.C4H8O2.C4H7O2.C3H6.C2H6.BrH.Mg/c1-2-4-7(9)8-5-3-6-10-8;2*8-4-3-6(9)7-2-1-5-10-7;8-5-1-3-7-4-2-6-9-7;1-5(7)6-3-2-4-8-6;7-4-3-6-2-1-5-8-6;6-5(7)4-2-1-3-8-4;6-4-5-2-1-3-7-5;2*1-4-5-2-3-6-4;1-3-2;1-2;;/h2-3,5-6H,1,4H2;2*1-2,4-5H,3H2;2,4-6H,1,3H2;2-4H,1H3;1-2,4-5H,3H2;1-3H,(H,6,7);1-4H;4H,2-3H2,1H3;4H,1-3H2;3H,1H2,2H3;1-2H3;1H;/q;;;;;;;;;-1;;;;+2/p-1. The van der Waals surface area contributed by atoms with E-state index < -0.39 is 5.97 Å². The van der Waals surface area contributed by atoms with Crippen molar-refractivity contribution in [3.8, 4) is 0 Å². The molecule has 0 unspecified atom stereocenters. The Morgan fingerprint density at radius 1 is 0.517 bits per heavy atom. The average molecular weight is 1320 g/mol. The van der Waals surface area contributed by atoms with Crippen molar-refractivity contribution >= 4 is 83.6 Å². The van der Waals surface area contributed by atoms with Crippen LogP contribution in [0.4, 0.5) is 0 Å². The van der Waals surface area contributed by atoms with Crippen LogP contribution in [-0.4, -0.2) is 128 Å². The third-order valence-electron chi connectivity index (χ3n) is 8.95. The molecule has 2 saturated heterocycles. The predicted octanol–water partition coefficient (Wildman–Crippen LogP) is 9.54. The van der Waals surface area contributed by atoms with Crippen molar-refractivity contribution in [1.29, 1.82) is 0 Å². The van der Waals surface area contributed by atoms with Crippen LogP contribution in [0.3, 0.4) is 0 Å². The minimum atomic E-state index is -1.03. The maximum absolute atomic E-state index is 10.9. The Morgan fingerprint density at radius 3 is 1.11 bits per heavy atom. The van der Waals surface area contributed by atoms with E-state index in [1.807, 2.05) is 39.8 Å². The van der Waals surface area contributed by atoms with Crippen molar-refractivity contribution in [2.24, 2.45) is 0 Å². The van der Waals surface area contributed by atoms with Gasteiger partial charge in [0, 0.05) is 32.5 Å². The van der Waals surface area contributed by atoms with Crippen molar-refractivity contribution < 1.29 is 124 Å². The summed E-state index contributed by atoms with van der Waals surface area (Å²) in [6, 6.07) is 26.4. The number of ketones is 4. The fraction of sp³-hybridized carbons (Fsp3) is 0.266. The summed E-state index contributed by atoms with van der Waals surface area (Å²) in [4.78, 5) is 102. The summed E-state index contributed by atoms with van der Waals surface area (Å²) in [5.41, 5.74) is 0. The molecule has 2 fully saturated rings. The SMILES string of the molecule is C=CC.C=CCC(=O)c1ccco1.CC.CC(=O)c1ccco1.CC1OCCO1.O=C(O)c1ccco1.O=CCC(=O)c1ccco1.O=CCC(=O)c1ccco1.O=CCCc1ccco1.O=CCc1ccco1.O=Cc1ccco1.[Br-].[CH2-]C1OCCO1.[Mg+2]. The quantitative estimate of drug-likeness (QED) is 0.0221. The number of carboxylic acid groups (broad SMARTS) is 1. The van der Waals surface area contributed by atoms with Crippen molar-refractivity contribution in [2.75, 3.05) is 26.4 Å². The average Bonchev–Trinajstić information content (AvgIpc) is 4.38. The molecule has 0 bridgehead atoms. The van der Waals surface area contributed by atoms with E-state index in [1.165, 1.54) is 68.8 Å². The fourth-order valence-corrected chi connectivity index (χ4v) is 5.18. The van der Waals surface area contributed by atoms with Gasteiger partial charge in [0.05, 0.1) is 95.8 Å². The van der Waals surface area contributed by atoms with Gasteiger partial charge in [0.1, 0.15) is 36.7 Å². The number of allylic oxidation sites excluding steroid dienone is 2. The fourth-order valence-electron chi connectivity index (χ4n) is 5.18. The maximum Gasteiger partial charge on any atom is 2.00 e. The number of carboxylic acids is 1. The number of hydrogen-bond acceptors (Lipinski definition) is 22. The number of rotatable bonds is 17. The molecule has 478 valence electrons. The molecule has 10 heterocycles. The van der Waals surface area contributed by atoms with Crippen molar-refractivity contribution in [3.05, 3.63) is 225 Å². The molecule has 1 N–H and O–H groups in total. The van der Waals surface area contributed by atoms with E-state index >= 15 is 0 Å². The largest absolute Gasteiger partial charge is 2.00 e. The Kier molecular flexibility index (Phi) is 59.4. The van der Waals surface area contributed by atoms with Crippen LogP contribution in [0.1, 0.15) is 135 Å². The van der Waals surface area contributed by atoms with Gasteiger partial charge >= 0.3 is 29.0 Å². The molecule has 2 aliphatic heterocycles. The third-order valence-corrected chi connectivity index (χ3v) is 8.95. The molecule has 25 heteroatoms. The van der Waals surface area contributed by atoms with Crippen molar-refractivity contribution in [1.82, 2.24) is 0 Å². The maximum atomic E-state index is 10.9. The molecule has 0 amide bonds. The van der Waals surface area contributed by atoms with Crippen LogP contribution < -0.4 is 17.0 Å². The second kappa shape index (κ2) is 61.0. The molecule has 89 heavy (non-hydrogen) atoms. The second-order valence-electron chi connectivity index (χ2n) is 15.5. The number of Topliss-reactive ketones (excluding diaryl/α,β-unsaturated/α-hetero) is 4. The zero-order valence-electron chi connectivity index (χ0n) is 50.3. The van der Waals surface area contributed by atoms with Crippen LogP contribution in [0.5, 0.6) is 0 Å². The second-order valence-corrected chi connectivity index (χ2v) is 15.5. The molecule has 0 atom stereocenters. The first kappa shape index (κ1) is 86.7. The third kappa shape index (κ3) is 48.1. The van der Waals surface area contributed by atoms with Gasteiger partial charge in [-0.3, -0.25) is 30.9 Å². The summed E-state index contributed by atoms with van der Waals surface area (Å²) >= 11 is 0. The summed E-state index contributed by atoms with van der Waals surface area (Å²) < 4.78 is 57.5. The molecule has 8 aromatic heterocycles. The Bertz CT molecular complexity index is 2710. The molecular formula is C64H75BrMgO23. The first-order chi connectivity index (χ1) is 42.1. The minimum absolute atomic E-state index is 0. The van der Waals surface area contributed by atoms with E-state index in [-0.39, 0.29) is 106 Å². The molecule has 10 rings (SSSR count). The summed E-state index contributed by atoms with van der Waals surface area (Å²) in [6.45, 7) is 22.5. The van der Waals surface area contributed by atoms with Crippen molar-refractivity contribution in [3.63, 3.8) is 0 Å². The Balaban J connectivity index is -0.000000448. The predicted molar refractivity (Wildman–Crippen MR) is 321 cm³/mol. The van der Waals surface area contributed by atoms with Crippen LogP contribution in [0.15, 0.2) is 208 Å². The van der Waals surface area contributed by atoms with Gasteiger partial charge in [-0.2, -0.15) is 0 Å². The molecule has 0 saturated carbocycles. The smallest absolute Gasteiger partial charge is 1.00 e. The molecule has 23 nitrogen and oxygen atoms in total. The van der Waals surface area contributed by atoms with Gasteiger partial charge in [0.2, 0.25) is 23.1 Å². The first-order valence-corrected chi connectivity index (χ1v) is 26.4. The van der Waals surface area contributed by atoms with Gasteiger partial charge in [-0.05, 0) is 111 Å². The van der Waals surface area contributed by atoms with Gasteiger partial charge in [0.25, 0.3) is 0 Å². The number of aromatic carboxylic acids is 1. The number of furan rings is 8. The van der Waals surface area contributed by atoms with Crippen molar-refractivity contribution in [2.45, 2.75) is 85.7 Å². The number of halogens is 1. The Labute approximate surface area is 542 Å². The van der Waals surface area contributed by atoms with E-state index in [9.17, 15) is 47.9 Å². The molecule has 0 radical (unpaired) electrons. The van der Waals surface area contributed by atoms with Gasteiger partial charge in [-0.1, -0.05) is 26.0 Å². The summed E-state index contributed by atoms with van der Waals surface area (Å²) in [5.74, 6) is 1.61. The van der Waals surface area contributed by atoms with Gasteiger partial charge in [-0.15, -0.1) is 13.2 Å². The van der Waals surface area contributed by atoms with E-state index in [0.717, 1.165) is 43.7 Å². The molecule has 0 aliphatic carbocycles. The first-order valence-electron chi connectivity index (χ1n) is 26.4. The van der Waals surface area contributed by atoms with Crippen LogP contribution in [-0.2, 0) is 51.0 Å². The van der Waals surface area contributed by atoms with Crippen LogP contribution in [0, 0.1) is 6.92 Å². The zero-order valence-corrected chi connectivity index (χ0v) is 53.3. The van der Waals surface area contributed by atoms with Crippen LogP contribution in [0.25, 0.3) is 0 Å². The molecule has 0 spiro atoms. The Hall–Kier alpha value is -8.69. The summed E-state index contributed by atoms with van der Waals surface area (Å²) in [7, 11) is 0. The summed E-state index contributed by atoms with van der Waals surface area (Å²) in [6.07, 6.45) is 20.2. The summed E-state index contributed by atoms with van der Waals surface area (Å²) in [5, 5.41) is 8.18. The van der Waals surface area contributed by atoms with E-state index in [0.29, 0.717) is 68.6 Å². The molecule has 2 aliphatic rings. The van der Waals surface area contributed by atoms with Crippen LogP contribution in [0.2, 0.25) is 0 Å². The number of carbonyl (C=O) groups excluding carboxylic acids is 9. The number of carbonyl (C=O) groups is 10. The van der Waals surface area contributed by atoms with Gasteiger partial charge in [0.15, 0.2) is 47.2 Å². The number of ether oxygens (including phenoxy) is 4. The molecule has 0 aromatic carbocycles. The van der Waals surface area contributed by atoms with E-state index in [1.54, 1.807) is 85.3 Å². The monoisotopic (exact) mass is 1310 g/mol. The number of aldehydes is 5. The minimum Gasteiger partial charge on any atom is -1.00 e. The van der Waals surface area contributed by atoms with Gasteiger partial charge in [-0.25, -0.2) is 4.79 Å². The topological polar surface area (TPSA) is 333 Å². The Morgan fingerprint density at radius 2 is 0.876 bits per heavy atom. The van der Waals surface area contributed by atoms with Gasteiger partial charge < -0.3 is 95.6 Å². The van der Waals surface area contributed by atoms with E-state index in [4.69, 9.17) is 50.6 Å². The number of aryl methyl sites for hydroxylation is 1. The molecular weight excluding hydrogens is 1240 g/mol. The zero-order chi connectivity index (χ0) is 65.1.